The lowest BCUT2D eigenvalue weighted by atomic mass is 10.4. The molecule has 2 rings (SSSR count). The lowest BCUT2D eigenvalue weighted by Gasteiger charge is -2.07. The second kappa shape index (κ2) is 5.11. The largest absolute Gasteiger partial charge is 0.424 e. The van der Waals surface area contributed by atoms with Crippen molar-refractivity contribution in [1.29, 1.82) is 0 Å². The molecule has 1 atom stereocenters. The van der Waals surface area contributed by atoms with Crippen molar-refractivity contribution in [3.63, 3.8) is 0 Å². The van der Waals surface area contributed by atoms with Gasteiger partial charge in [0, 0.05) is 13.5 Å². The van der Waals surface area contributed by atoms with Crippen LogP contribution in [-0.2, 0) is 15.6 Å². The maximum atomic E-state index is 11.8. The molecule has 1 aromatic heterocycles. The number of hydrogen-bond acceptors (Lipinski definition) is 6. The molecule has 0 aromatic carbocycles. The smallest absolute Gasteiger partial charge is 0.231 e. The van der Waals surface area contributed by atoms with Crippen molar-refractivity contribution in [3.8, 4) is 0 Å². The zero-order valence-electron chi connectivity index (χ0n) is 8.84. The Balaban J connectivity index is 0.00000128. The fourth-order valence-electron chi connectivity index (χ4n) is 1.62. The topological polar surface area (TPSA) is 85.1 Å². The van der Waals surface area contributed by atoms with Crippen molar-refractivity contribution >= 4 is 22.2 Å². The van der Waals surface area contributed by atoms with Crippen LogP contribution in [0.25, 0.3) is 0 Å². The van der Waals surface area contributed by atoms with Crippen LogP contribution >= 0.6 is 12.4 Å². The third-order valence-corrected chi connectivity index (χ3v) is 4.48. The third kappa shape index (κ3) is 2.93. The Morgan fingerprint density at radius 3 is 2.75 bits per heavy atom. The number of nitrogens with one attached hydrogen (secondary N) is 1. The van der Waals surface area contributed by atoms with Gasteiger partial charge in [-0.3, -0.25) is 0 Å². The van der Waals surface area contributed by atoms with Crippen LogP contribution in [0.15, 0.2) is 4.42 Å². The normalized spacial score (nSPS) is 20.7. The average Bonchev–Trinajstić information content (AvgIpc) is 2.75. The highest BCUT2D eigenvalue weighted by atomic mass is 35.5. The Labute approximate surface area is 100 Å². The lowest BCUT2D eigenvalue weighted by molar-refractivity contribution is 0.478. The number of nitrogens with zero attached hydrogens (tertiary/aromatic N) is 2. The number of aryl methyl sites for hydroxylation is 1. The zero-order valence-corrected chi connectivity index (χ0v) is 10.5. The van der Waals surface area contributed by atoms with Gasteiger partial charge in [-0.15, -0.1) is 22.6 Å². The summed E-state index contributed by atoms with van der Waals surface area (Å²) in [6.07, 6.45) is 0.662. The Bertz CT molecular complexity index is 439. The van der Waals surface area contributed by atoms with Gasteiger partial charge < -0.3 is 9.73 Å². The minimum absolute atomic E-state index is 0. The highest BCUT2D eigenvalue weighted by molar-refractivity contribution is 7.91. The molecule has 92 valence electrons. The van der Waals surface area contributed by atoms with E-state index in [0.717, 1.165) is 6.54 Å². The summed E-state index contributed by atoms with van der Waals surface area (Å²) >= 11 is 0. The highest BCUT2D eigenvalue weighted by Gasteiger charge is 2.30. The fourth-order valence-corrected chi connectivity index (χ4v) is 3.17. The van der Waals surface area contributed by atoms with E-state index in [1.165, 1.54) is 0 Å². The summed E-state index contributed by atoms with van der Waals surface area (Å²) in [5.74, 6) is 0.421. The van der Waals surface area contributed by atoms with Crippen LogP contribution in [0.1, 0.15) is 18.2 Å². The monoisotopic (exact) mass is 267 g/mol. The molecule has 1 aliphatic heterocycles. The fraction of sp³-hybridized carbons (Fsp3) is 0.750. The second-order valence-electron chi connectivity index (χ2n) is 3.64. The van der Waals surface area contributed by atoms with Crippen molar-refractivity contribution in [2.45, 2.75) is 24.3 Å². The molecule has 2 heterocycles. The molecule has 1 aliphatic rings. The highest BCUT2D eigenvalue weighted by Crippen LogP contribution is 2.15. The van der Waals surface area contributed by atoms with Crippen LogP contribution in [0.5, 0.6) is 0 Å². The number of halogens is 1. The summed E-state index contributed by atoms with van der Waals surface area (Å²) in [5.41, 5.74) is 0. The molecular weight excluding hydrogens is 254 g/mol. The zero-order chi connectivity index (χ0) is 10.9. The van der Waals surface area contributed by atoms with Crippen LogP contribution in [0.2, 0.25) is 0 Å². The van der Waals surface area contributed by atoms with Gasteiger partial charge in [0.15, 0.2) is 9.84 Å². The molecule has 0 aliphatic carbocycles. The van der Waals surface area contributed by atoms with Gasteiger partial charge in [-0.1, -0.05) is 0 Å². The second-order valence-corrected chi connectivity index (χ2v) is 5.92. The van der Waals surface area contributed by atoms with Gasteiger partial charge in [-0.2, -0.15) is 0 Å². The summed E-state index contributed by atoms with van der Waals surface area (Å²) in [6, 6.07) is 0. The summed E-state index contributed by atoms with van der Waals surface area (Å²) in [4.78, 5) is 0. The van der Waals surface area contributed by atoms with E-state index < -0.39 is 9.84 Å². The quantitative estimate of drug-likeness (QED) is 0.835. The van der Waals surface area contributed by atoms with Crippen LogP contribution < -0.4 is 5.32 Å². The van der Waals surface area contributed by atoms with E-state index in [4.69, 9.17) is 4.42 Å². The number of aromatic nitrogens is 2. The predicted octanol–water partition coefficient (Wildman–Crippen LogP) is 0.0765. The standard InChI is InChI=1S/C8H13N3O3S.ClH/c1-6-10-11-8(14-6)5-15(12,13)7-2-3-9-4-7;/h7,9H,2-5H2,1H3;1H. The Kier molecular flexibility index (Phi) is 4.28. The van der Waals surface area contributed by atoms with E-state index in [1.807, 2.05) is 0 Å². The van der Waals surface area contributed by atoms with Crippen LogP contribution in [0.3, 0.4) is 0 Å². The first-order chi connectivity index (χ1) is 7.08. The van der Waals surface area contributed by atoms with E-state index in [2.05, 4.69) is 15.5 Å². The molecule has 8 heteroatoms. The summed E-state index contributed by atoms with van der Waals surface area (Å²) in [5, 5.41) is 10.00. The number of sulfone groups is 1. The third-order valence-electron chi connectivity index (χ3n) is 2.42. The molecule has 1 saturated heterocycles. The Morgan fingerprint density at radius 2 is 2.25 bits per heavy atom. The summed E-state index contributed by atoms with van der Waals surface area (Å²) in [7, 11) is -3.16. The lowest BCUT2D eigenvalue weighted by Crippen LogP contribution is -2.25. The maximum Gasteiger partial charge on any atom is 0.231 e. The molecule has 0 saturated carbocycles. The van der Waals surface area contributed by atoms with Crippen LogP contribution in [-0.4, -0.2) is 37.0 Å². The molecule has 1 unspecified atom stereocenters. The molecule has 0 amide bonds. The molecule has 6 nitrogen and oxygen atoms in total. The van der Waals surface area contributed by atoms with Crippen LogP contribution in [0, 0.1) is 6.92 Å². The maximum absolute atomic E-state index is 11.8. The van der Waals surface area contributed by atoms with Crippen molar-refractivity contribution in [3.05, 3.63) is 11.8 Å². The summed E-state index contributed by atoms with van der Waals surface area (Å²) < 4.78 is 28.7. The molecule has 0 spiro atoms. The first kappa shape index (κ1) is 13.4. The van der Waals surface area contributed by atoms with Crippen molar-refractivity contribution in [2.75, 3.05) is 13.1 Å². The van der Waals surface area contributed by atoms with Crippen molar-refractivity contribution in [1.82, 2.24) is 15.5 Å². The van der Waals surface area contributed by atoms with E-state index in [9.17, 15) is 8.42 Å². The molecule has 16 heavy (non-hydrogen) atoms. The SMILES string of the molecule is Cc1nnc(CS(=O)(=O)C2CCNC2)o1.Cl. The molecule has 1 N–H and O–H groups in total. The predicted molar refractivity (Wildman–Crippen MR) is 60.2 cm³/mol. The molecule has 0 bridgehead atoms. The van der Waals surface area contributed by atoms with Gasteiger partial charge >= 0.3 is 0 Å². The van der Waals surface area contributed by atoms with Gasteiger partial charge in [-0.05, 0) is 13.0 Å². The van der Waals surface area contributed by atoms with Gasteiger partial charge in [0.25, 0.3) is 0 Å². The Morgan fingerprint density at radius 1 is 1.50 bits per heavy atom. The van der Waals surface area contributed by atoms with Gasteiger partial charge in [0.2, 0.25) is 11.8 Å². The van der Waals surface area contributed by atoms with E-state index in [0.29, 0.717) is 18.9 Å². The van der Waals surface area contributed by atoms with Crippen molar-refractivity contribution < 1.29 is 12.8 Å². The first-order valence-corrected chi connectivity index (χ1v) is 6.51. The minimum atomic E-state index is -3.16. The summed E-state index contributed by atoms with van der Waals surface area (Å²) in [6.45, 7) is 2.92. The minimum Gasteiger partial charge on any atom is -0.424 e. The van der Waals surface area contributed by atoms with Crippen LogP contribution in [0.4, 0.5) is 0 Å². The average molecular weight is 268 g/mol. The van der Waals surface area contributed by atoms with Gasteiger partial charge in [0.05, 0.1) is 5.25 Å². The molecule has 1 aromatic rings. The van der Waals surface area contributed by atoms with E-state index >= 15 is 0 Å². The first-order valence-electron chi connectivity index (χ1n) is 4.79. The van der Waals surface area contributed by atoms with Gasteiger partial charge in [0.1, 0.15) is 5.75 Å². The van der Waals surface area contributed by atoms with Gasteiger partial charge in [-0.25, -0.2) is 8.42 Å². The molecule has 0 radical (unpaired) electrons. The van der Waals surface area contributed by atoms with E-state index in [1.54, 1.807) is 6.92 Å². The number of hydrogen-bond donors (Lipinski definition) is 1. The molecule has 1 fully saturated rings. The van der Waals surface area contributed by atoms with E-state index in [-0.39, 0.29) is 29.3 Å². The molecular formula is C8H14ClN3O3S. The van der Waals surface area contributed by atoms with Crippen molar-refractivity contribution in [2.24, 2.45) is 0 Å². The Hall–Kier alpha value is -0.660. The number of rotatable bonds is 3.